The molecule has 0 N–H and O–H groups in total. The van der Waals surface area contributed by atoms with Crippen LogP contribution in [0, 0.1) is 0 Å². The third-order valence-corrected chi connectivity index (χ3v) is 5.26. The average Bonchev–Trinajstić information content (AvgIpc) is 3.24. The second kappa shape index (κ2) is 7.54. The van der Waals surface area contributed by atoms with E-state index in [0.29, 0.717) is 18.1 Å². The van der Waals surface area contributed by atoms with Crippen molar-refractivity contribution in [2.24, 2.45) is 0 Å². The fourth-order valence-electron chi connectivity index (χ4n) is 3.90. The zero-order valence-corrected chi connectivity index (χ0v) is 15.4. The predicted octanol–water partition coefficient (Wildman–Crippen LogP) is 2.65. The van der Waals surface area contributed by atoms with Crippen molar-refractivity contribution in [1.29, 1.82) is 0 Å². The first-order valence-electron chi connectivity index (χ1n) is 9.37. The molecule has 1 aromatic rings. The minimum atomic E-state index is -0.0990. The van der Waals surface area contributed by atoms with Gasteiger partial charge in [0.2, 0.25) is 17.7 Å². The number of aromatic nitrogens is 2. The monoisotopic (exact) mass is 348 g/mol. The third kappa shape index (κ3) is 3.85. The van der Waals surface area contributed by atoms with Gasteiger partial charge in [-0.15, -0.1) is 0 Å². The van der Waals surface area contributed by atoms with E-state index in [0.717, 1.165) is 45.2 Å². The zero-order chi connectivity index (χ0) is 18.0. The van der Waals surface area contributed by atoms with Crippen molar-refractivity contribution >= 4 is 11.8 Å². The standard InChI is InChI=1S/C18H28N4O3/c1-12(2)18-19-17(20-25-18)15-8-6-10-22(15)16(24)11-14-7-4-5-9-21(14)13(3)23/h12,14-15H,4-11H2,1-3H3/t14-,15-/m1/s1. The lowest BCUT2D eigenvalue weighted by Crippen LogP contribution is -2.45. The van der Waals surface area contributed by atoms with E-state index >= 15 is 0 Å². The number of hydrogen-bond donors (Lipinski definition) is 0. The van der Waals surface area contributed by atoms with Crippen molar-refractivity contribution in [2.75, 3.05) is 13.1 Å². The maximum atomic E-state index is 12.9. The van der Waals surface area contributed by atoms with Crippen LogP contribution in [0.4, 0.5) is 0 Å². The Morgan fingerprint density at radius 3 is 2.60 bits per heavy atom. The number of nitrogens with zero attached hydrogens (tertiary/aromatic N) is 4. The highest BCUT2D eigenvalue weighted by atomic mass is 16.5. The van der Waals surface area contributed by atoms with Crippen LogP contribution in [0.15, 0.2) is 4.52 Å². The topological polar surface area (TPSA) is 79.5 Å². The van der Waals surface area contributed by atoms with Crippen molar-refractivity contribution in [2.45, 2.75) is 77.3 Å². The number of hydrogen-bond acceptors (Lipinski definition) is 5. The van der Waals surface area contributed by atoms with Crippen LogP contribution in [-0.2, 0) is 9.59 Å². The summed E-state index contributed by atoms with van der Waals surface area (Å²) in [4.78, 5) is 33.0. The Labute approximate surface area is 148 Å². The van der Waals surface area contributed by atoms with Crippen LogP contribution < -0.4 is 0 Å². The Kier molecular flexibility index (Phi) is 5.39. The van der Waals surface area contributed by atoms with Gasteiger partial charge in [0, 0.05) is 38.4 Å². The molecule has 138 valence electrons. The Morgan fingerprint density at radius 1 is 1.16 bits per heavy atom. The summed E-state index contributed by atoms with van der Waals surface area (Å²) in [7, 11) is 0. The first-order valence-corrected chi connectivity index (χ1v) is 9.37. The van der Waals surface area contributed by atoms with Gasteiger partial charge in [-0.1, -0.05) is 19.0 Å². The minimum Gasteiger partial charge on any atom is -0.339 e. The first-order chi connectivity index (χ1) is 12.0. The van der Waals surface area contributed by atoms with E-state index in [1.807, 2.05) is 23.6 Å². The van der Waals surface area contributed by atoms with Gasteiger partial charge in [0.05, 0.1) is 6.04 Å². The maximum Gasteiger partial charge on any atom is 0.229 e. The number of likely N-dealkylation sites (tertiary alicyclic amines) is 2. The van der Waals surface area contributed by atoms with E-state index in [2.05, 4.69) is 10.1 Å². The predicted molar refractivity (Wildman–Crippen MR) is 91.7 cm³/mol. The average molecular weight is 348 g/mol. The van der Waals surface area contributed by atoms with E-state index in [-0.39, 0.29) is 29.8 Å². The fourth-order valence-corrected chi connectivity index (χ4v) is 3.90. The summed E-state index contributed by atoms with van der Waals surface area (Å²) in [6.07, 6.45) is 5.21. The molecule has 2 aliphatic rings. The van der Waals surface area contributed by atoms with Gasteiger partial charge >= 0.3 is 0 Å². The summed E-state index contributed by atoms with van der Waals surface area (Å²) in [6, 6.07) is -0.0744. The molecular weight excluding hydrogens is 320 g/mol. The number of amides is 2. The Balaban J connectivity index is 1.68. The SMILES string of the molecule is CC(=O)N1CCCC[C@@H]1CC(=O)N1CCC[C@@H]1c1noc(C(C)C)n1. The first kappa shape index (κ1) is 17.9. The van der Waals surface area contributed by atoms with Crippen LogP contribution >= 0.6 is 0 Å². The van der Waals surface area contributed by atoms with Gasteiger partial charge in [-0.3, -0.25) is 9.59 Å². The largest absolute Gasteiger partial charge is 0.339 e. The maximum absolute atomic E-state index is 12.9. The molecule has 2 saturated heterocycles. The Hall–Kier alpha value is -1.92. The minimum absolute atomic E-state index is 0.0245. The highest BCUT2D eigenvalue weighted by Crippen LogP contribution is 2.32. The molecule has 2 aliphatic heterocycles. The van der Waals surface area contributed by atoms with Crippen molar-refractivity contribution in [3.63, 3.8) is 0 Å². The molecule has 2 atom stereocenters. The molecule has 0 aliphatic carbocycles. The van der Waals surface area contributed by atoms with Gasteiger partial charge in [0.1, 0.15) is 0 Å². The number of carbonyl (C=O) groups is 2. The van der Waals surface area contributed by atoms with Gasteiger partial charge in [-0.25, -0.2) is 0 Å². The van der Waals surface area contributed by atoms with Gasteiger partial charge in [0.15, 0.2) is 5.82 Å². The van der Waals surface area contributed by atoms with Gasteiger partial charge < -0.3 is 14.3 Å². The van der Waals surface area contributed by atoms with Crippen molar-refractivity contribution in [3.05, 3.63) is 11.7 Å². The Morgan fingerprint density at radius 2 is 1.92 bits per heavy atom. The highest BCUT2D eigenvalue weighted by Gasteiger charge is 2.36. The third-order valence-electron chi connectivity index (χ3n) is 5.26. The number of piperidine rings is 1. The molecule has 0 saturated carbocycles. The molecule has 7 heteroatoms. The summed E-state index contributed by atoms with van der Waals surface area (Å²) >= 11 is 0. The molecule has 0 bridgehead atoms. The summed E-state index contributed by atoms with van der Waals surface area (Å²) in [5.74, 6) is 1.57. The molecule has 0 radical (unpaired) electrons. The molecule has 3 heterocycles. The van der Waals surface area contributed by atoms with Gasteiger partial charge in [-0.05, 0) is 32.1 Å². The molecule has 1 aromatic heterocycles. The van der Waals surface area contributed by atoms with E-state index in [1.54, 1.807) is 6.92 Å². The van der Waals surface area contributed by atoms with Gasteiger partial charge in [0.25, 0.3) is 0 Å². The molecule has 7 nitrogen and oxygen atoms in total. The Bertz CT molecular complexity index is 628. The van der Waals surface area contributed by atoms with Crippen LogP contribution in [0.3, 0.4) is 0 Å². The van der Waals surface area contributed by atoms with E-state index in [1.165, 1.54) is 0 Å². The highest BCUT2D eigenvalue weighted by molar-refractivity contribution is 5.79. The van der Waals surface area contributed by atoms with Crippen LogP contribution in [0.2, 0.25) is 0 Å². The molecule has 25 heavy (non-hydrogen) atoms. The summed E-state index contributed by atoms with van der Waals surface area (Å²) in [5.41, 5.74) is 0. The van der Waals surface area contributed by atoms with Crippen LogP contribution in [0.25, 0.3) is 0 Å². The molecule has 2 fully saturated rings. The van der Waals surface area contributed by atoms with Crippen molar-refractivity contribution in [3.8, 4) is 0 Å². The van der Waals surface area contributed by atoms with Crippen molar-refractivity contribution in [1.82, 2.24) is 19.9 Å². The quantitative estimate of drug-likeness (QED) is 0.836. The lowest BCUT2D eigenvalue weighted by Gasteiger charge is -2.36. The second-order valence-electron chi connectivity index (χ2n) is 7.46. The molecular formula is C18H28N4O3. The fraction of sp³-hybridized carbons (Fsp3) is 0.778. The molecule has 0 spiro atoms. The zero-order valence-electron chi connectivity index (χ0n) is 15.4. The van der Waals surface area contributed by atoms with Crippen LogP contribution in [-0.4, -0.2) is 50.9 Å². The number of rotatable bonds is 4. The molecule has 0 unspecified atom stereocenters. The summed E-state index contributed by atoms with van der Waals surface area (Å²) < 4.78 is 5.31. The number of carbonyl (C=O) groups excluding carboxylic acids is 2. The van der Waals surface area contributed by atoms with E-state index in [9.17, 15) is 9.59 Å². The van der Waals surface area contributed by atoms with Crippen LogP contribution in [0.5, 0.6) is 0 Å². The second-order valence-corrected chi connectivity index (χ2v) is 7.46. The smallest absolute Gasteiger partial charge is 0.229 e. The summed E-state index contributed by atoms with van der Waals surface area (Å²) in [5, 5.41) is 4.10. The molecule has 2 amide bonds. The lowest BCUT2D eigenvalue weighted by molar-refractivity contribution is -0.137. The van der Waals surface area contributed by atoms with Gasteiger partial charge in [-0.2, -0.15) is 4.98 Å². The van der Waals surface area contributed by atoms with Crippen LogP contribution in [0.1, 0.15) is 83.0 Å². The van der Waals surface area contributed by atoms with E-state index in [4.69, 9.17) is 4.52 Å². The van der Waals surface area contributed by atoms with E-state index < -0.39 is 0 Å². The van der Waals surface area contributed by atoms with Crippen molar-refractivity contribution < 1.29 is 14.1 Å². The summed E-state index contributed by atoms with van der Waals surface area (Å²) in [6.45, 7) is 7.10. The molecule has 0 aromatic carbocycles. The molecule has 3 rings (SSSR count). The lowest BCUT2D eigenvalue weighted by atomic mass is 9.98. The normalized spacial score (nSPS) is 24.2.